The molecule has 0 atom stereocenters. The van der Waals surface area contributed by atoms with Crippen molar-refractivity contribution >= 4 is 39.4 Å². The highest BCUT2D eigenvalue weighted by Crippen LogP contribution is 2.28. The number of aryl methyl sites for hydroxylation is 2. The summed E-state index contributed by atoms with van der Waals surface area (Å²) >= 11 is 9.41. The van der Waals surface area contributed by atoms with E-state index in [1.165, 1.54) is 6.21 Å². The Labute approximate surface area is 167 Å². The van der Waals surface area contributed by atoms with Crippen LogP contribution in [0.25, 0.3) is 5.69 Å². The van der Waals surface area contributed by atoms with Gasteiger partial charge < -0.3 is 5.11 Å². The van der Waals surface area contributed by atoms with Crippen molar-refractivity contribution in [2.45, 2.75) is 13.8 Å². The molecule has 2 aromatic carbocycles. The number of aliphatic imine (C=N–C) groups is 1. The van der Waals surface area contributed by atoms with Crippen LogP contribution in [-0.4, -0.2) is 20.9 Å². The second-order valence-corrected chi connectivity index (χ2v) is 7.28. The lowest BCUT2D eigenvalue weighted by Gasteiger charge is -2.11. The molecule has 0 unspecified atom stereocenters. The molecule has 2 N–H and O–H groups in total. The van der Waals surface area contributed by atoms with E-state index in [1.54, 1.807) is 30.3 Å². The van der Waals surface area contributed by atoms with Gasteiger partial charge in [-0.1, -0.05) is 33.6 Å². The van der Waals surface area contributed by atoms with Crippen LogP contribution < -0.4 is 11.2 Å². The molecule has 3 rings (SSSR count). The number of halogens is 2. The molecule has 0 bridgehead atoms. The van der Waals surface area contributed by atoms with Crippen LogP contribution in [0.3, 0.4) is 0 Å². The minimum atomic E-state index is -0.741. The van der Waals surface area contributed by atoms with Crippen molar-refractivity contribution in [1.82, 2.24) is 9.55 Å². The molecule has 1 aromatic heterocycles. The van der Waals surface area contributed by atoms with Gasteiger partial charge in [-0.2, -0.15) is 0 Å². The van der Waals surface area contributed by atoms with Gasteiger partial charge in [0.25, 0.3) is 5.56 Å². The van der Waals surface area contributed by atoms with Gasteiger partial charge in [-0.25, -0.2) is 9.36 Å². The lowest BCUT2D eigenvalue weighted by molar-refractivity contribution is 0.430. The van der Waals surface area contributed by atoms with E-state index in [1.807, 2.05) is 19.9 Å². The Balaban J connectivity index is 2.14. The zero-order chi connectivity index (χ0) is 19.7. The van der Waals surface area contributed by atoms with E-state index in [-0.39, 0.29) is 5.56 Å². The first-order valence-electron chi connectivity index (χ1n) is 7.93. The van der Waals surface area contributed by atoms with Gasteiger partial charge in [0.1, 0.15) is 5.56 Å². The molecule has 1 heterocycles. The molecule has 0 aliphatic rings. The Morgan fingerprint density at radius 3 is 2.56 bits per heavy atom. The highest BCUT2D eigenvalue weighted by atomic mass is 79.9. The van der Waals surface area contributed by atoms with Gasteiger partial charge in [-0.3, -0.25) is 14.8 Å². The van der Waals surface area contributed by atoms with Crippen LogP contribution in [-0.2, 0) is 0 Å². The number of hydrogen-bond donors (Lipinski definition) is 2. The van der Waals surface area contributed by atoms with E-state index in [4.69, 9.17) is 11.6 Å². The molecule has 27 heavy (non-hydrogen) atoms. The standard InChI is InChI=1S/C19H15BrClN3O3/c1-10-3-5-13(7-11(10)2)24-18(26)14(17(25)23-19(24)27)9-22-16-6-4-12(20)8-15(16)21/h3-9,26H,1-2H3,(H,23,25,27). The highest BCUT2D eigenvalue weighted by molar-refractivity contribution is 9.10. The zero-order valence-electron chi connectivity index (χ0n) is 14.5. The zero-order valence-corrected chi connectivity index (χ0v) is 16.8. The third-order valence-electron chi connectivity index (χ3n) is 4.11. The van der Waals surface area contributed by atoms with Gasteiger partial charge in [0.05, 0.1) is 16.4 Å². The van der Waals surface area contributed by atoms with E-state index < -0.39 is 17.1 Å². The van der Waals surface area contributed by atoms with Crippen LogP contribution >= 0.6 is 27.5 Å². The average molecular weight is 449 g/mol. The molecule has 0 aliphatic heterocycles. The molecule has 0 radical (unpaired) electrons. The number of benzene rings is 2. The quantitative estimate of drug-likeness (QED) is 0.593. The number of aromatic nitrogens is 2. The first-order chi connectivity index (χ1) is 12.8. The fraction of sp³-hybridized carbons (Fsp3) is 0.105. The molecular weight excluding hydrogens is 434 g/mol. The van der Waals surface area contributed by atoms with Gasteiger partial charge in [-0.05, 0) is 55.3 Å². The molecule has 0 saturated carbocycles. The van der Waals surface area contributed by atoms with Crippen LogP contribution in [0.4, 0.5) is 5.69 Å². The Morgan fingerprint density at radius 2 is 1.89 bits per heavy atom. The van der Waals surface area contributed by atoms with Gasteiger partial charge in [0.15, 0.2) is 0 Å². The van der Waals surface area contributed by atoms with Crippen molar-refractivity contribution in [1.29, 1.82) is 0 Å². The summed E-state index contributed by atoms with van der Waals surface area (Å²) in [6.45, 7) is 3.83. The van der Waals surface area contributed by atoms with E-state index in [9.17, 15) is 14.7 Å². The SMILES string of the molecule is Cc1ccc(-n2c(O)c(C=Nc3ccc(Br)cc3Cl)c(=O)[nH]c2=O)cc1C. The van der Waals surface area contributed by atoms with Crippen molar-refractivity contribution in [2.24, 2.45) is 4.99 Å². The normalized spacial score (nSPS) is 11.3. The van der Waals surface area contributed by atoms with Crippen LogP contribution in [0.2, 0.25) is 5.02 Å². The van der Waals surface area contributed by atoms with E-state index in [0.29, 0.717) is 16.4 Å². The second-order valence-electron chi connectivity index (χ2n) is 5.95. The molecule has 6 nitrogen and oxygen atoms in total. The Hall–Kier alpha value is -2.64. The maximum absolute atomic E-state index is 12.3. The smallest absolute Gasteiger partial charge is 0.335 e. The molecule has 8 heteroatoms. The summed E-state index contributed by atoms with van der Waals surface area (Å²) in [5, 5.41) is 10.9. The number of hydrogen-bond acceptors (Lipinski definition) is 4. The number of aromatic amines is 1. The summed E-state index contributed by atoms with van der Waals surface area (Å²) in [4.78, 5) is 30.8. The average Bonchev–Trinajstić information content (AvgIpc) is 2.59. The first-order valence-corrected chi connectivity index (χ1v) is 9.10. The first kappa shape index (κ1) is 19.1. The molecule has 3 aromatic rings. The molecule has 0 amide bonds. The number of rotatable bonds is 3. The summed E-state index contributed by atoms with van der Waals surface area (Å²) in [5.74, 6) is -0.496. The molecule has 0 saturated heterocycles. The van der Waals surface area contributed by atoms with E-state index >= 15 is 0 Å². The van der Waals surface area contributed by atoms with Crippen molar-refractivity contribution in [3.8, 4) is 11.6 Å². The largest absolute Gasteiger partial charge is 0.493 e. The molecule has 0 fully saturated rings. The Morgan fingerprint density at radius 1 is 1.15 bits per heavy atom. The van der Waals surface area contributed by atoms with Crippen molar-refractivity contribution in [2.75, 3.05) is 0 Å². The third-order valence-corrected chi connectivity index (χ3v) is 4.91. The molecule has 0 aliphatic carbocycles. The minimum absolute atomic E-state index is 0.146. The summed E-state index contributed by atoms with van der Waals surface area (Å²) in [6, 6.07) is 10.3. The summed E-state index contributed by atoms with van der Waals surface area (Å²) < 4.78 is 1.81. The maximum atomic E-state index is 12.3. The highest BCUT2D eigenvalue weighted by Gasteiger charge is 2.15. The minimum Gasteiger partial charge on any atom is -0.493 e. The fourth-order valence-electron chi connectivity index (χ4n) is 2.48. The molecular formula is C19H15BrClN3O3. The van der Waals surface area contributed by atoms with E-state index in [0.717, 1.165) is 20.2 Å². The van der Waals surface area contributed by atoms with Gasteiger partial charge in [0, 0.05) is 10.7 Å². The number of H-pyrrole nitrogens is 1. The third kappa shape index (κ3) is 3.89. The molecule has 138 valence electrons. The van der Waals surface area contributed by atoms with Crippen LogP contribution in [0, 0.1) is 13.8 Å². The number of nitrogens with zero attached hydrogens (tertiary/aromatic N) is 2. The maximum Gasteiger partial charge on any atom is 0.335 e. The Kier molecular flexibility index (Phi) is 5.34. The number of aromatic hydroxyl groups is 1. The monoisotopic (exact) mass is 447 g/mol. The number of nitrogens with one attached hydrogen (secondary N) is 1. The lowest BCUT2D eigenvalue weighted by atomic mass is 10.1. The van der Waals surface area contributed by atoms with Crippen LogP contribution in [0.5, 0.6) is 5.88 Å². The van der Waals surface area contributed by atoms with Crippen LogP contribution in [0.15, 0.2) is 55.5 Å². The summed E-state index contributed by atoms with van der Waals surface area (Å²) in [7, 11) is 0. The fourth-order valence-corrected chi connectivity index (χ4v) is 3.20. The van der Waals surface area contributed by atoms with Gasteiger partial charge in [-0.15, -0.1) is 0 Å². The van der Waals surface area contributed by atoms with Crippen molar-refractivity contribution < 1.29 is 5.11 Å². The van der Waals surface area contributed by atoms with Gasteiger partial charge in [0.2, 0.25) is 5.88 Å². The van der Waals surface area contributed by atoms with E-state index in [2.05, 4.69) is 25.9 Å². The summed E-state index contributed by atoms with van der Waals surface area (Å²) in [6.07, 6.45) is 1.18. The van der Waals surface area contributed by atoms with Crippen molar-refractivity contribution in [3.63, 3.8) is 0 Å². The lowest BCUT2D eigenvalue weighted by Crippen LogP contribution is -2.31. The Bertz CT molecular complexity index is 1180. The predicted molar refractivity (Wildman–Crippen MR) is 110 cm³/mol. The molecule has 0 spiro atoms. The summed E-state index contributed by atoms with van der Waals surface area (Å²) in [5.41, 5.74) is 1.22. The van der Waals surface area contributed by atoms with Gasteiger partial charge >= 0.3 is 5.69 Å². The predicted octanol–water partition coefficient (Wildman–Crippen LogP) is 4.01. The van der Waals surface area contributed by atoms with Crippen LogP contribution in [0.1, 0.15) is 16.7 Å². The topological polar surface area (TPSA) is 87.4 Å². The van der Waals surface area contributed by atoms with Crippen molar-refractivity contribution in [3.05, 3.63) is 83.4 Å². The second kappa shape index (κ2) is 7.54.